The Morgan fingerprint density at radius 1 is 0.871 bits per heavy atom. The lowest BCUT2D eigenvalue weighted by atomic mass is 9.66. The summed E-state index contributed by atoms with van der Waals surface area (Å²) in [7, 11) is 0. The molecular weight excluding hydrogens is 388 g/mol. The van der Waals surface area contributed by atoms with Gasteiger partial charge in [-0.3, -0.25) is 0 Å². The summed E-state index contributed by atoms with van der Waals surface area (Å²) in [4.78, 5) is 0. The zero-order chi connectivity index (χ0) is 22.2. The van der Waals surface area contributed by atoms with Crippen molar-refractivity contribution in [2.45, 2.75) is 110 Å². The zero-order valence-corrected chi connectivity index (χ0v) is 19.6. The van der Waals surface area contributed by atoms with Gasteiger partial charge in [-0.25, -0.2) is 8.78 Å². The van der Waals surface area contributed by atoms with Crippen molar-refractivity contribution in [1.82, 2.24) is 0 Å². The van der Waals surface area contributed by atoms with Crippen LogP contribution in [0.5, 0.6) is 0 Å². The molecule has 0 bridgehead atoms. The first-order valence-corrected chi connectivity index (χ1v) is 12.9. The predicted octanol–water partition coefficient (Wildman–Crippen LogP) is 8.91. The van der Waals surface area contributed by atoms with Crippen LogP contribution in [0.4, 0.5) is 8.78 Å². The second kappa shape index (κ2) is 12.0. The number of nitriles is 1. The summed E-state index contributed by atoms with van der Waals surface area (Å²) < 4.78 is 28.0. The second-order valence-electron chi connectivity index (χ2n) is 10.4. The van der Waals surface area contributed by atoms with Crippen LogP contribution in [0.25, 0.3) is 0 Å². The van der Waals surface area contributed by atoms with Crippen LogP contribution in [-0.4, -0.2) is 0 Å². The van der Waals surface area contributed by atoms with Crippen molar-refractivity contribution < 1.29 is 8.78 Å². The highest BCUT2D eigenvalue weighted by Crippen LogP contribution is 2.45. The lowest BCUT2D eigenvalue weighted by Gasteiger charge is -2.39. The third-order valence-corrected chi connectivity index (χ3v) is 8.51. The third-order valence-electron chi connectivity index (χ3n) is 8.51. The van der Waals surface area contributed by atoms with E-state index in [0.29, 0.717) is 0 Å². The molecule has 3 rings (SSSR count). The van der Waals surface area contributed by atoms with E-state index in [-0.39, 0.29) is 5.92 Å². The predicted molar refractivity (Wildman–Crippen MR) is 124 cm³/mol. The van der Waals surface area contributed by atoms with Crippen molar-refractivity contribution in [2.75, 3.05) is 0 Å². The topological polar surface area (TPSA) is 23.8 Å². The average Bonchev–Trinajstić information content (AvgIpc) is 2.79. The highest BCUT2D eigenvalue weighted by Gasteiger charge is 2.33. The minimum Gasteiger partial charge on any atom is -0.205 e. The van der Waals surface area contributed by atoms with Gasteiger partial charge in [0.05, 0.1) is 0 Å². The molecule has 1 unspecified atom stereocenters. The lowest BCUT2D eigenvalue weighted by Crippen LogP contribution is -2.28. The van der Waals surface area contributed by atoms with Crippen LogP contribution < -0.4 is 0 Å². The SMILES string of the molecule is CCCCCCCC1CCC(C(C)[C@H]2CC[C@H](c3cc(F)c(C#N)c(F)c3)CC2)CC1. The molecule has 31 heavy (non-hydrogen) atoms. The Morgan fingerprint density at radius 3 is 1.97 bits per heavy atom. The first kappa shape index (κ1) is 24.2. The van der Waals surface area contributed by atoms with Crippen LogP contribution in [-0.2, 0) is 0 Å². The zero-order valence-electron chi connectivity index (χ0n) is 19.6. The number of rotatable bonds is 9. The van der Waals surface area contributed by atoms with E-state index in [2.05, 4.69) is 13.8 Å². The molecule has 1 nitrogen and oxygen atoms in total. The van der Waals surface area contributed by atoms with Crippen LogP contribution in [0, 0.1) is 46.6 Å². The van der Waals surface area contributed by atoms with Crippen LogP contribution in [0.2, 0.25) is 0 Å². The fraction of sp³-hybridized carbons (Fsp3) is 0.750. The Labute approximate surface area is 188 Å². The summed E-state index contributed by atoms with van der Waals surface area (Å²) >= 11 is 0. The van der Waals surface area contributed by atoms with E-state index in [9.17, 15) is 8.78 Å². The molecule has 0 N–H and O–H groups in total. The maximum Gasteiger partial charge on any atom is 0.144 e. The Bertz CT molecular complexity index is 698. The number of nitrogens with zero attached hydrogens (tertiary/aromatic N) is 1. The molecule has 2 saturated carbocycles. The minimum absolute atomic E-state index is 0.226. The van der Waals surface area contributed by atoms with Crippen molar-refractivity contribution in [2.24, 2.45) is 23.7 Å². The third kappa shape index (κ3) is 6.53. The molecule has 1 aromatic carbocycles. The summed E-state index contributed by atoms with van der Waals surface area (Å²) in [5.41, 5.74) is 0.280. The highest BCUT2D eigenvalue weighted by atomic mass is 19.1. The van der Waals surface area contributed by atoms with Gasteiger partial charge in [0.1, 0.15) is 23.3 Å². The maximum absolute atomic E-state index is 14.0. The molecule has 172 valence electrons. The molecule has 2 aliphatic carbocycles. The van der Waals surface area contributed by atoms with E-state index in [4.69, 9.17) is 5.26 Å². The number of hydrogen-bond donors (Lipinski definition) is 0. The van der Waals surface area contributed by atoms with Crippen LogP contribution in [0.3, 0.4) is 0 Å². The van der Waals surface area contributed by atoms with Gasteiger partial charge >= 0.3 is 0 Å². The van der Waals surface area contributed by atoms with Crippen molar-refractivity contribution in [3.8, 4) is 6.07 Å². The Hall–Kier alpha value is -1.43. The van der Waals surface area contributed by atoms with Crippen LogP contribution in [0.1, 0.15) is 121 Å². The molecule has 1 atom stereocenters. The fourth-order valence-electron chi connectivity index (χ4n) is 6.34. The molecule has 0 aromatic heterocycles. The molecule has 2 fully saturated rings. The average molecular weight is 430 g/mol. The Balaban J connectivity index is 1.42. The highest BCUT2D eigenvalue weighted by molar-refractivity contribution is 5.36. The van der Waals surface area contributed by atoms with E-state index in [0.717, 1.165) is 54.9 Å². The van der Waals surface area contributed by atoms with E-state index in [1.54, 1.807) is 6.07 Å². The fourth-order valence-corrected chi connectivity index (χ4v) is 6.34. The van der Waals surface area contributed by atoms with Gasteiger partial charge in [-0.15, -0.1) is 0 Å². The maximum atomic E-state index is 14.0. The van der Waals surface area contributed by atoms with Gasteiger partial charge in [0.15, 0.2) is 0 Å². The summed E-state index contributed by atoms with van der Waals surface area (Å²) in [6.07, 6.45) is 18.4. The standard InChI is InChI=1S/C28H41F2N/c1-3-4-5-6-7-8-21-9-11-22(12-10-21)20(2)23-13-15-24(16-14-23)25-17-27(29)26(19-31)28(30)18-25/h17-18,20-24H,3-16H2,1-2H3/t20?,21?,22?,23-,24-. The smallest absolute Gasteiger partial charge is 0.144 e. The van der Waals surface area contributed by atoms with E-state index >= 15 is 0 Å². The largest absolute Gasteiger partial charge is 0.205 e. The van der Waals surface area contributed by atoms with E-state index < -0.39 is 17.2 Å². The van der Waals surface area contributed by atoms with Gasteiger partial charge in [-0.2, -0.15) is 5.26 Å². The molecule has 0 heterocycles. The lowest BCUT2D eigenvalue weighted by molar-refractivity contribution is 0.131. The van der Waals surface area contributed by atoms with Crippen molar-refractivity contribution in [3.05, 3.63) is 34.9 Å². The molecule has 0 amide bonds. The monoisotopic (exact) mass is 429 g/mol. The van der Waals surface area contributed by atoms with E-state index in [1.807, 2.05) is 0 Å². The van der Waals surface area contributed by atoms with Crippen molar-refractivity contribution >= 4 is 0 Å². The van der Waals surface area contributed by atoms with Gasteiger partial charge in [0, 0.05) is 0 Å². The number of hydrogen-bond acceptors (Lipinski definition) is 1. The molecule has 0 saturated heterocycles. The summed E-state index contributed by atoms with van der Waals surface area (Å²) in [6.45, 7) is 4.74. The second-order valence-corrected chi connectivity index (χ2v) is 10.4. The number of benzene rings is 1. The van der Waals surface area contributed by atoms with E-state index in [1.165, 1.54) is 76.3 Å². The van der Waals surface area contributed by atoms with Crippen LogP contribution >= 0.6 is 0 Å². The number of unbranched alkanes of at least 4 members (excludes halogenated alkanes) is 4. The van der Waals surface area contributed by atoms with Gasteiger partial charge in [0.2, 0.25) is 0 Å². The van der Waals surface area contributed by atoms with Crippen molar-refractivity contribution in [3.63, 3.8) is 0 Å². The quantitative estimate of drug-likeness (QED) is 0.359. The van der Waals surface area contributed by atoms with Gasteiger partial charge < -0.3 is 0 Å². The molecule has 0 radical (unpaired) electrons. The molecule has 2 aliphatic rings. The molecular formula is C28H41F2N. The molecule has 0 aliphatic heterocycles. The Kier molecular flexibility index (Phi) is 9.36. The van der Waals surface area contributed by atoms with Crippen molar-refractivity contribution in [1.29, 1.82) is 5.26 Å². The summed E-state index contributed by atoms with van der Waals surface area (Å²) in [6, 6.07) is 4.40. The van der Waals surface area contributed by atoms with Gasteiger partial charge in [-0.1, -0.05) is 65.2 Å². The molecule has 1 aromatic rings. The first-order chi connectivity index (χ1) is 15.0. The minimum atomic E-state index is -0.713. The summed E-state index contributed by atoms with van der Waals surface area (Å²) in [5.74, 6) is 2.14. The van der Waals surface area contributed by atoms with Gasteiger partial charge in [0.25, 0.3) is 0 Å². The normalized spacial score (nSPS) is 27.6. The molecule has 0 spiro atoms. The van der Waals surface area contributed by atoms with Gasteiger partial charge in [-0.05, 0) is 85.8 Å². The first-order valence-electron chi connectivity index (χ1n) is 12.9. The van der Waals surface area contributed by atoms with Crippen LogP contribution in [0.15, 0.2) is 12.1 Å². The Morgan fingerprint density at radius 2 is 1.42 bits per heavy atom. The summed E-state index contributed by atoms with van der Waals surface area (Å²) in [5, 5.41) is 8.88. The number of halogens is 2. The molecule has 3 heteroatoms.